The molecule has 0 bridgehead atoms. The average Bonchev–Trinajstić information content (AvgIpc) is 3.11. The number of benzene rings is 1. The Balaban J connectivity index is 1.76. The summed E-state index contributed by atoms with van der Waals surface area (Å²) in [6, 6.07) is 5.09. The number of morpholine rings is 1. The van der Waals surface area contributed by atoms with Crippen LogP contribution in [0.2, 0.25) is 0 Å². The fourth-order valence-corrected chi connectivity index (χ4v) is 3.93. The van der Waals surface area contributed by atoms with E-state index in [9.17, 15) is 26.7 Å². The zero-order valence-corrected chi connectivity index (χ0v) is 17.9. The van der Waals surface area contributed by atoms with Gasteiger partial charge in [-0.15, -0.1) is 0 Å². The highest BCUT2D eigenvalue weighted by atomic mass is 19.3. The average molecular weight is 468 g/mol. The lowest BCUT2D eigenvalue weighted by atomic mass is 10.1. The third-order valence-corrected chi connectivity index (χ3v) is 5.38. The van der Waals surface area contributed by atoms with Crippen LogP contribution in [0.1, 0.15) is 30.0 Å². The maximum Gasteiger partial charge on any atom is 0.302 e. The molecule has 1 aliphatic rings. The van der Waals surface area contributed by atoms with E-state index >= 15 is 0 Å². The summed E-state index contributed by atoms with van der Waals surface area (Å²) in [5.41, 5.74) is 0.0421. The number of fused-ring (bicyclic) bond motifs is 1. The Morgan fingerprint density at radius 2 is 2.06 bits per heavy atom. The number of hydrogen-bond acceptors (Lipinski definition) is 4. The van der Waals surface area contributed by atoms with Gasteiger partial charge in [0.15, 0.2) is 5.82 Å². The quantitative estimate of drug-likeness (QED) is 0.519. The van der Waals surface area contributed by atoms with Gasteiger partial charge in [0.1, 0.15) is 11.3 Å². The number of nitrogens with zero attached hydrogens (tertiary/aromatic N) is 4. The van der Waals surface area contributed by atoms with E-state index < -0.39 is 36.4 Å². The van der Waals surface area contributed by atoms with E-state index in [1.807, 2.05) is 6.92 Å². The molecule has 0 N–H and O–H groups in total. The first-order valence-corrected chi connectivity index (χ1v) is 10.3. The molecule has 1 fully saturated rings. The molecule has 0 spiro atoms. The van der Waals surface area contributed by atoms with Crippen molar-refractivity contribution >= 4 is 16.9 Å². The van der Waals surface area contributed by atoms with Crippen molar-refractivity contribution in [2.45, 2.75) is 38.8 Å². The largest absolute Gasteiger partial charge is 0.375 e. The smallest absolute Gasteiger partial charge is 0.302 e. The zero-order valence-electron chi connectivity index (χ0n) is 17.9. The van der Waals surface area contributed by atoms with Crippen LogP contribution in [-0.2, 0) is 17.2 Å². The molecular formula is C22H21F5N4O2. The van der Waals surface area contributed by atoms with Crippen LogP contribution < -0.4 is 0 Å². The van der Waals surface area contributed by atoms with Crippen molar-refractivity contribution < 1.29 is 31.5 Å². The first-order chi connectivity index (χ1) is 15.6. The van der Waals surface area contributed by atoms with Crippen LogP contribution in [0.4, 0.5) is 22.0 Å². The Hall–Kier alpha value is -3.08. The van der Waals surface area contributed by atoms with Crippen molar-refractivity contribution in [1.29, 1.82) is 0 Å². The van der Waals surface area contributed by atoms with E-state index in [0.29, 0.717) is 26.6 Å². The number of amides is 1. The Kier molecular flexibility index (Phi) is 6.08. The number of halogens is 5. The summed E-state index contributed by atoms with van der Waals surface area (Å²) in [6.07, 6.45) is -1.79. The molecule has 0 saturated carbocycles. The number of ether oxygens (including phenoxy) is 1. The molecule has 3 aromatic rings. The van der Waals surface area contributed by atoms with E-state index in [4.69, 9.17) is 4.74 Å². The van der Waals surface area contributed by atoms with E-state index in [1.165, 1.54) is 29.3 Å². The van der Waals surface area contributed by atoms with Gasteiger partial charge in [0.25, 0.3) is 12.3 Å². The molecule has 1 saturated heterocycles. The number of rotatable bonds is 5. The number of imidazole rings is 1. The van der Waals surface area contributed by atoms with Crippen molar-refractivity contribution in [1.82, 2.24) is 19.4 Å². The van der Waals surface area contributed by atoms with Gasteiger partial charge in [0.05, 0.1) is 36.0 Å². The predicted molar refractivity (Wildman–Crippen MR) is 110 cm³/mol. The van der Waals surface area contributed by atoms with Crippen molar-refractivity contribution in [3.05, 3.63) is 47.7 Å². The van der Waals surface area contributed by atoms with Gasteiger partial charge < -0.3 is 14.2 Å². The van der Waals surface area contributed by atoms with Gasteiger partial charge in [-0.3, -0.25) is 9.78 Å². The standard InChI is InChI=1S/C22H21F5N4O2/c1-12-10-30(7-8-33-12)20(32)14-4-3-13(9-15(14)23)18-19-16(5-6-28-18)31(11-17(24)25)21(29-19)22(2,26)27/h3-6,9,12,17H,7-8,10-11H2,1-2H3/t12-/m1/s1. The van der Waals surface area contributed by atoms with Crippen LogP contribution in [0.15, 0.2) is 30.5 Å². The molecule has 0 radical (unpaired) electrons. The molecule has 1 atom stereocenters. The van der Waals surface area contributed by atoms with Crippen LogP contribution in [0, 0.1) is 5.82 Å². The first kappa shape index (κ1) is 23.1. The highest BCUT2D eigenvalue weighted by Gasteiger charge is 2.33. The monoisotopic (exact) mass is 468 g/mol. The lowest BCUT2D eigenvalue weighted by Crippen LogP contribution is -2.44. The van der Waals surface area contributed by atoms with Gasteiger partial charge in [-0.25, -0.2) is 18.2 Å². The molecular weight excluding hydrogens is 447 g/mol. The number of alkyl halides is 4. The maximum absolute atomic E-state index is 14.9. The minimum Gasteiger partial charge on any atom is -0.375 e. The SMILES string of the molecule is C[C@@H]1CN(C(=O)c2ccc(-c3nccc4c3nc(C(C)(F)F)n4CC(F)F)cc2F)CCO1. The Morgan fingerprint density at radius 3 is 2.70 bits per heavy atom. The van der Waals surface area contributed by atoms with Gasteiger partial charge >= 0.3 is 5.92 Å². The zero-order chi connectivity index (χ0) is 23.9. The van der Waals surface area contributed by atoms with Crippen molar-refractivity contribution in [2.75, 3.05) is 19.7 Å². The summed E-state index contributed by atoms with van der Waals surface area (Å²) < 4.78 is 75.4. The summed E-state index contributed by atoms with van der Waals surface area (Å²) in [5, 5.41) is 0. The van der Waals surface area contributed by atoms with Gasteiger partial charge in [0, 0.05) is 31.8 Å². The van der Waals surface area contributed by atoms with Crippen LogP contribution in [0.3, 0.4) is 0 Å². The van der Waals surface area contributed by atoms with Crippen LogP contribution >= 0.6 is 0 Å². The normalized spacial score (nSPS) is 17.2. The van der Waals surface area contributed by atoms with Gasteiger partial charge in [0.2, 0.25) is 0 Å². The van der Waals surface area contributed by atoms with Crippen molar-refractivity contribution in [3.63, 3.8) is 0 Å². The molecule has 4 rings (SSSR count). The number of carbonyl (C=O) groups is 1. The lowest BCUT2D eigenvalue weighted by Gasteiger charge is -2.31. The summed E-state index contributed by atoms with van der Waals surface area (Å²) in [5.74, 6) is -5.62. The molecule has 0 aliphatic carbocycles. The van der Waals surface area contributed by atoms with Gasteiger partial charge in [-0.2, -0.15) is 8.78 Å². The van der Waals surface area contributed by atoms with Gasteiger partial charge in [-0.05, 0) is 25.1 Å². The van der Waals surface area contributed by atoms with Crippen LogP contribution in [-0.4, -0.2) is 57.6 Å². The molecule has 1 amide bonds. The molecule has 176 valence electrons. The predicted octanol–water partition coefficient (Wildman–Crippen LogP) is 4.48. The number of aromatic nitrogens is 3. The van der Waals surface area contributed by atoms with E-state index in [2.05, 4.69) is 9.97 Å². The number of hydrogen-bond donors (Lipinski definition) is 0. The molecule has 11 heteroatoms. The fourth-order valence-electron chi connectivity index (χ4n) is 3.93. The second-order valence-corrected chi connectivity index (χ2v) is 7.98. The second kappa shape index (κ2) is 8.69. The van der Waals surface area contributed by atoms with Gasteiger partial charge in [-0.1, -0.05) is 6.07 Å². The first-order valence-electron chi connectivity index (χ1n) is 10.3. The number of pyridine rings is 1. The number of carbonyl (C=O) groups excluding carboxylic acids is 1. The third kappa shape index (κ3) is 4.54. The van der Waals surface area contributed by atoms with E-state index in [0.717, 1.165) is 10.6 Å². The summed E-state index contributed by atoms with van der Waals surface area (Å²) in [6.45, 7) is 2.42. The molecule has 33 heavy (non-hydrogen) atoms. The molecule has 3 heterocycles. The molecule has 1 aromatic carbocycles. The molecule has 0 unspecified atom stereocenters. The minimum absolute atomic E-state index is 0.0275. The molecule has 1 aliphatic heterocycles. The topological polar surface area (TPSA) is 60.2 Å². The molecule has 2 aromatic heterocycles. The fraction of sp³-hybridized carbons (Fsp3) is 0.409. The lowest BCUT2D eigenvalue weighted by molar-refractivity contribution is -0.0125. The highest BCUT2D eigenvalue weighted by Crippen LogP contribution is 2.34. The van der Waals surface area contributed by atoms with Crippen LogP contribution in [0.25, 0.3) is 22.3 Å². The molecule has 6 nitrogen and oxygen atoms in total. The summed E-state index contributed by atoms with van der Waals surface area (Å²) >= 11 is 0. The van der Waals surface area contributed by atoms with Crippen molar-refractivity contribution in [3.8, 4) is 11.3 Å². The third-order valence-electron chi connectivity index (χ3n) is 5.38. The van der Waals surface area contributed by atoms with E-state index in [1.54, 1.807) is 0 Å². The Labute approximate surface area is 186 Å². The van der Waals surface area contributed by atoms with E-state index in [-0.39, 0.29) is 34.0 Å². The summed E-state index contributed by atoms with van der Waals surface area (Å²) in [7, 11) is 0. The highest BCUT2D eigenvalue weighted by molar-refractivity contribution is 5.96. The second-order valence-electron chi connectivity index (χ2n) is 7.98. The Morgan fingerprint density at radius 1 is 1.30 bits per heavy atom. The Bertz CT molecular complexity index is 1190. The maximum atomic E-state index is 14.9. The minimum atomic E-state index is -3.48. The van der Waals surface area contributed by atoms with Crippen molar-refractivity contribution in [2.24, 2.45) is 0 Å². The van der Waals surface area contributed by atoms with Crippen LogP contribution in [0.5, 0.6) is 0 Å². The summed E-state index contributed by atoms with van der Waals surface area (Å²) in [4.78, 5) is 22.2.